The summed E-state index contributed by atoms with van der Waals surface area (Å²) in [6.45, 7) is 0. The lowest BCUT2D eigenvalue weighted by Gasteiger charge is -2.04. The van der Waals surface area contributed by atoms with E-state index in [9.17, 15) is 9.90 Å². The number of aliphatic imine (C=N–C) groups is 1. The topological polar surface area (TPSA) is 115 Å². The molecule has 5 N–H and O–H groups in total. The Morgan fingerprint density at radius 2 is 2.05 bits per heavy atom. The molecule has 6 heteroatoms. The Hall–Kier alpha value is -3.15. The number of amides is 1. The number of hydrogen-bond acceptors (Lipinski definition) is 3. The number of guanidine groups is 1. The Morgan fingerprint density at radius 3 is 2.67 bits per heavy atom. The maximum Gasteiger partial charge on any atom is 0.280 e. The van der Waals surface area contributed by atoms with Gasteiger partial charge in [0.05, 0.1) is 5.57 Å². The SMILES string of the molecule is NC(N)=NC(=O)/C(=C/c1cccc(O)c1)c1cccnc1. The second-order valence-electron chi connectivity index (χ2n) is 4.24. The van der Waals surface area contributed by atoms with Crippen molar-refractivity contribution in [2.45, 2.75) is 0 Å². The number of pyridine rings is 1. The molecular formula is C15H14N4O2. The van der Waals surface area contributed by atoms with Gasteiger partial charge in [-0.2, -0.15) is 4.99 Å². The molecule has 1 aromatic carbocycles. The first-order chi connectivity index (χ1) is 10.1. The van der Waals surface area contributed by atoms with Crippen molar-refractivity contribution in [2.75, 3.05) is 0 Å². The predicted molar refractivity (Wildman–Crippen MR) is 81.0 cm³/mol. The summed E-state index contributed by atoms with van der Waals surface area (Å²) in [7, 11) is 0. The van der Waals surface area contributed by atoms with Crippen LogP contribution in [0.4, 0.5) is 0 Å². The number of carbonyl (C=O) groups excluding carboxylic acids is 1. The highest BCUT2D eigenvalue weighted by atomic mass is 16.3. The van der Waals surface area contributed by atoms with Gasteiger partial charge in [-0.1, -0.05) is 18.2 Å². The van der Waals surface area contributed by atoms with Gasteiger partial charge in [0.15, 0.2) is 5.96 Å². The summed E-state index contributed by atoms with van der Waals surface area (Å²) in [5, 5.41) is 9.49. The maximum atomic E-state index is 12.1. The molecule has 0 radical (unpaired) electrons. The molecule has 0 aliphatic carbocycles. The molecule has 0 fully saturated rings. The number of rotatable bonds is 3. The second kappa shape index (κ2) is 6.33. The first kappa shape index (κ1) is 14.3. The van der Waals surface area contributed by atoms with Gasteiger partial charge in [0.2, 0.25) is 0 Å². The summed E-state index contributed by atoms with van der Waals surface area (Å²) in [6.07, 6.45) is 4.72. The molecule has 6 nitrogen and oxygen atoms in total. The third-order valence-electron chi connectivity index (χ3n) is 2.61. The van der Waals surface area contributed by atoms with Crippen molar-refractivity contribution in [3.05, 3.63) is 59.9 Å². The highest BCUT2D eigenvalue weighted by Crippen LogP contribution is 2.21. The van der Waals surface area contributed by atoms with Crippen LogP contribution in [0.5, 0.6) is 5.75 Å². The largest absolute Gasteiger partial charge is 0.508 e. The molecule has 0 unspecified atom stereocenters. The van der Waals surface area contributed by atoms with Gasteiger partial charge in [0, 0.05) is 18.0 Å². The summed E-state index contributed by atoms with van der Waals surface area (Å²) in [6, 6.07) is 9.92. The molecule has 21 heavy (non-hydrogen) atoms. The lowest BCUT2D eigenvalue weighted by Crippen LogP contribution is -2.24. The number of nitrogens with two attached hydrogens (primary N) is 2. The lowest BCUT2D eigenvalue weighted by atomic mass is 10.0. The van der Waals surface area contributed by atoms with Gasteiger partial charge in [-0.3, -0.25) is 9.78 Å². The van der Waals surface area contributed by atoms with Crippen LogP contribution in [-0.4, -0.2) is 22.0 Å². The van der Waals surface area contributed by atoms with Crippen LogP contribution in [0, 0.1) is 0 Å². The Morgan fingerprint density at radius 1 is 1.24 bits per heavy atom. The number of carbonyl (C=O) groups is 1. The van der Waals surface area contributed by atoms with Crippen molar-refractivity contribution in [2.24, 2.45) is 16.5 Å². The molecule has 1 aromatic heterocycles. The summed E-state index contributed by atoms with van der Waals surface area (Å²) < 4.78 is 0. The van der Waals surface area contributed by atoms with E-state index in [1.54, 1.807) is 42.6 Å². The van der Waals surface area contributed by atoms with Gasteiger partial charge in [-0.05, 0) is 29.8 Å². The molecule has 106 valence electrons. The molecule has 1 heterocycles. The van der Waals surface area contributed by atoms with Crippen LogP contribution in [0.15, 0.2) is 53.8 Å². The molecule has 0 spiro atoms. The molecule has 0 atom stereocenters. The molecule has 1 amide bonds. The number of phenols is 1. The lowest BCUT2D eigenvalue weighted by molar-refractivity contribution is -0.112. The van der Waals surface area contributed by atoms with E-state index in [4.69, 9.17) is 11.5 Å². The zero-order chi connectivity index (χ0) is 15.2. The fourth-order valence-electron chi connectivity index (χ4n) is 1.75. The van der Waals surface area contributed by atoms with Gasteiger partial charge in [-0.25, -0.2) is 0 Å². The minimum absolute atomic E-state index is 0.101. The van der Waals surface area contributed by atoms with E-state index in [2.05, 4.69) is 9.98 Å². The van der Waals surface area contributed by atoms with Crippen LogP contribution in [0.1, 0.15) is 11.1 Å². The number of aromatic hydroxyl groups is 1. The van der Waals surface area contributed by atoms with E-state index in [0.717, 1.165) is 0 Å². The molecule has 2 aromatic rings. The van der Waals surface area contributed by atoms with Crippen molar-refractivity contribution in [3.8, 4) is 5.75 Å². The van der Waals surface area contributed by atoms with Crippen molar-refractivity contribution in [1.29, 1.82) is 0 Å². The number of nitrogens with zero attached hydrogens (tertiary/aromatic N) is 2. The standard InChI is InChI=1S/C15H14N4O2/c16-15(17)19-14(21)13(11-4-2-6-18-9-11)8-10-3-1-5-12(20)7-10/h1-9,20H,(H4,16,17,19,21)/b13-8+. The van der Waals surface area contributed by atoms with E-state index in [-0.39, 0.29) is 17.3 Å². The number of benzene rings is 1. The first-order valence-corrected chi connectivity index (χ1v) is 6.11. The van der Waals surface area contributed by atoms with Gasteiger partial charge < -0.3 is 16.6 Å². The van der Waals surface area contributed by atoms with E-state index >= 15 is 0 Å². The molecule has 2 rings (SSSR count). The minimum Gasteiger partial charge on any atom is -0.508 e. The van der Waals surface area contributed by atoms with Crippen molar-refractivity contribution >= 4 is 23.5 Å². The predicted octanol–water partition coefficient (Wildman–Crippen LogP) is 1.13. The third-order valence-corrected chi connectivity index (χ3v) is 2.61. The van der Waals surface area contributed by atoms with Crippen LogP contribution in [-0.2, 0) is 4.79 Å². The van der Waals surface area contributed by atoms with E-state index in [1.165, 1.54) is 12.3 Å². The van der Waals surface area contributed by atoms with Crippen molar-refractivity contribution in [1.82, 2.24) is 4.98 Å². The van der Waals surface area contributed by atoms with Crippen molar-refractivity contribution in [3.63, 3.8) is 0 Å². The van der Waals surface area contributed by atoms with Crippen LogP contribution in [0.25, 0.3) is 11.6 Å². The Labute approximate surface area is 121 Å². The van der Waals surface area contributed by atoms with E-state index < -0.39 is 5.91 Å². The smallest absolute Gasteiger partial charge is 0.280 e. The summed E-state index contributed by atoms with van der Waals surface area (Å²) >= 11 is 0. The Kier molecular flexibility index (Phi) is 4.30. The summed E-state index contributed by atoms with van der Waals surface area (Å²) in [4.78, 5) is 19.7. The van der Waals surface area contributed by atoms with Gasteiger partial charge in [0.1, 0.15) is 5.75 Å². The van der Waals surface area contributed by atoms with E-state index in [1.807, 2.05) is 0 Å². The Balaban J connectivity index is 2.51. The molecule has 0 aliphatic rings. The van der Waals surface area contributed by atoms with Crippen LogP contribution in [0.2, 0.25) is 0 Å². The maximum absolute atomic E-state index is 12.1. The monoisotopic (exact) mass is 282 g/mol. The second-order valence-corrected chi connectivity index (χ2v) is 4.24. The van der Waals surface area contributed by atoms with Gasteiger partial charge >= 0.3 is 0 Å². The fourth-order valence-corrected chi connectivity index (χ4v) is 1.75. The Bertz CT molecular complexity index is 705. The van der Waals surface area contributed by atoms with Crippen LogP contribution in [0.3, 0.4) is 0 Å². The first-order valence-electron chi connectivity index (χ1n) is 6.11. The van der Waals surface area contributed by atoms with Gasteiger partial charge in [0.25, 0.3) is 5.91 Å². The molecule has 0 aliphatic heterocycles. The molecule has 0 saturated carbocycles. The van der Waals surface area contributed by atoms with E-state index in [0.29, 0.717) is 11.1 Å². The number of phenolic OH excluding ortho intramolecular Hbond substituents is 1. The molecule has 0 saturated heterocycles. The summed E-state index contributed by atoms with van der Waals surface area (Å²) in [5.41, 5.74) is 12.0. The fraction of sp³-hybridized carbons (Fsp3) is 0. The van der Waals surface area contributed by atoms with Gasteiger partial charge in [-0.15, -0.1) is 0 Å². The molecular weight excluding hydrogens is 268 g/mol. The highest BCUT2D eigenvalue weighted by Gasteiger charge is 2.12. The average Bonchev–Trinajstić information content (AvgIpc) is 2.45. The zero-order valence-electron chi connectivity index (χ0n) is 11.1. The van der Waals surface area contributed by atoms with Crippen molar-refractivity contribution < 1.29 is 9.90 Å². The average molecular weight is 282 g/mol. The summed E-state index contributed by atoms with van der Waals surface area (Å²) in [5.74, 6) is -0.791. The molecule has 0 bridgehead atoms. The minimum atomic E-state index is -0.577. The quantitative estimate of drug-likeness (QED) is 0.443. The third kappa shape index (κ3) is 3.90. The zero-order valence-corrected chi connectivity index (χ0v) is 11.1. The van der Waals surface area contributed by atoms with Crippen LogP contribution < -0.4 is 11.5 Å². The normalized spacial score (nSPS) is 11.0. The number of aromatic nitrogens is 1. The highest BCUT2D eigenvalue weighted by molar-refractivity contribution is 6.26. The number of hydrogen-bond donors (Lipinski definition) is 3. The van der Waals surface area contributed by atoms with Crippen LogP contribution >= 0.6 is 0 Å².